The van der Waals surface area contributed by atoms with Crippen molar-refractivity contribution in [2.45, 2.75) is 39.7 Å². The minimum atomic E-state index is -0.448. The van der Waals surface area contributed by atoms with Gasteiger partial charge in [-0.05, 0) is 26.7 Å². The number of nitrogens with zero attached hydrogens (tertiary/aromatic N) is 1. The van der Waals surface area contributed by atoms with Gasteiger partial charge >= 0.3 is 6.09 Å². The molecule has 1 N–H and O–H groups in total. The van der Waals surface area contributed by atoms with Crippen molar-refractivity contribution >= 4 is 6.09 Å². The number of carbonyl (C=O) groups is 1. The van der Waals surface area contributed by atoms with E-state index in [1.165, 1.54) is 0 Å². The summed E-state index contributed by atoms with van der Waals surface area (Å²) >= 11 is 0. The highest BCUT2D eigenvalue weighted by Crippen LogP contribution is 2.26. The molecule has 2 unspecified atom stereocenters. The van der Waals surface area contributed by atoms with Crippen LogP contribution >= 0.6 is 0 Å². The number of rotatable bonds is 2. The molecule has 0 aliphatic carbocycles. The highest BCUT2D eigenvalue weighted by Gasteiger charge is 2.35. The number of ether oxygens (including phenoxy) is 1. The quantitative estimate of drug-likeness (QED) is 0.786. The number of hydrogen-bond acceptors (Lipinski definition) is 3. The lowest BCUT2D eigenvalue weighted by atomic mass is 9.95. The van der Waals surface area contributed by atoms with Crippen LogP contribution in [0.1, 0.15) is 34.1 Å². The van der Waals surface area contributed by atoms with Gasteiger partial charge in [-0.1, -0.05) is 13.3 Å². The molecule has 16 heavy (non-hydrogen) atoms. The van der Waals surface area contributed by atoms with Crippen LogP contribution in [0.2, 0.25) is 0 Å². The predicted molar refractivity (Wildman–Crippen MR) is 62.2 cm³/mol. The first-order valence-electron chi connectivity index (χ1n) is 5.96. The second-order valence-electron chi connectivity index (χ2n) is 5.50. The predicted octanol–water partition coefficient (Wildman–Crippen LogP) is 1.87. The fourth-order valence-corrected chi connectivity index (χ4v) is 2.08. The van der Waals surface area contributed by atoms with E-state index in [0.717, 1.165) is 6.42 Å². The molecule has 1 aliphatic rings. The molecule has 0 spiro atoms. The largest absolute Gasteiger partial charge is 0.444 e. The van der Waals surface area contributed by atoms with Crippen molar-refractivity contribution < 1.29 is 14.6 Å². The maximum absolute atomic E-state index is 11.8. The van der Waals surface area contributed by atoms with Gasteiger partial charge in [0.15, 0.2) is 0 Å². The molecule has 1 rings (SSSR count). The van der Waals surface area contributed by atoms with Crippen LogP contribution in [0.5, 0.6) is 0 Å². The van der Waals surface area contributed by atoms with E-state index in [-0.39, 0.29) is 18.6 Å². The van der Waals surface area contributed by atoms with Crippen molar-refractivity contribution in [1.29, 1.82) is 0 Å². The summed E-state index contributed by atoms with van der Waals surface area (Å²) in [7, 11) is 0. The van der Waals surface area contributed by atoms with Gasteiger partial charge in [0.2, 0.25) is 0 Å². The number of amides is 1. The van der Waals surface area contributed by atoms with E-state index in [2.05, 4.69) is 6.92 Å². The summed E-state index contributed by atoms with van der Waals surface area (Å²) in [6.45, 7) is 9.15. The Kier molecular flexibility index (Phi) is 4.19. The topological polar surface area (TPSA) is 49.8 Å². The van der Waals surface area contributed by atoms with Crippen LogP contribution in [0.3, 0.4) is 0 Å². The lowest BCUT2D eigenvalue weighted by molar-refractivity contribution is 0.0281. The minimum absolute atomic E-state index is 0.151. The summed E-state index contributed by atoms with van der Waals surface area (Å²) in [5.41, 5.74) is -0.448. The zero-order valence-electron chi connectivity index (χ0n) is 10.7. The fraction of sp³-hybridized carbons (Fsp3) is 0.917. The zero-order chi connectivity index (χ0) is 12.3. The summed E-state index contributed by atoms with van der Waals surface area (Å²) in [6.07, 6.45) is 0.728. The Labute approximate surface area is 97.6 Å². The van der Waals surface area contributed by atoms with Gasteiger partial charge in [0.1, 0.15) is 5.60 Å². The fourth-order valence-electron chi connectivity index (χ4n) is 2.08. The number of carbonyl (C=O) groups excluding carboxylic acids is 1. The molecule has 1 aliphatic heterocycles. The first-order valence-corrected chi connectivity index (χ1v) is 5.96. The zero-order valence-corrected chi connectivity index (χ0v) is 10.7. The molecular formula is C12H23NO3. The summed E-state index contributed by atoms with van der Waals surface area (Å²) in [4.78, 5) is 13.5. The number of hydrogen-bond donors (Lipinski definition) is 1. The van der Waals surface area contributed by atoms with Gasteiger partial charge in [-0.2, -0.15) is 0 Å². The average Bonchev–Trinajstić information content (AvgIpc) is 2.57. The SMILES string of the molecule is CCC1CN(C(=O)OC(C)(C)C)CC1CO. The number of likely N-dealkylation sites (tertiary alicyclic amines) is 1. The second kappa shape index (κ2) is 5.04. The van der Waals surface area contributed by atoms with Crippen molar-refractivity contribution in [2.24, 2.45) is 11.8 Å². The molecule has 0 saturated carbocycles. The van der Waals surface area contributed by atoms with E-state index in [9.17, 15) is 9.90 Å². The van der Waals surface area contributed by atoms with Crippen LogP contribution in [-0.2, 0) is 4.74 Å². The van der Waals surface area contributed by atoms with E-state index in [4.69, 9.17) is 4.74 Å². The van der Waals surface area contributed by atoms with E-state index in [1.807, 2.05) is 20.8 Å². The average molecular weight is 229 g/mol. The van der Waals surface area contributed by atoms with Crippen molar-refractivity contribution in [2.75, 3.05) is 19.7 Å². The Balaban J connectivity index is 2.54. The van der Waals surface area contributed by atoms with Gasteiger partial charge in [-0.3, -0.25) is 0 Å². The molecule has 4 heteroatoms. The first kappa shape index (κ1) is 13.3. The van der Waals surface area contributed by atoms with E-state index in [0.29, 0.717) is 19.0 Å². The molecule has 1 amide bonds. The molecule has 4 nitrogen and oxygen atoms in total. The van der Waals surface area contributed by atoms with Gasteiger partial charge in [0.25, 0.3) is 0 Å². The highest BCUT2D eigenvalue weighted by atomic mass is 16.6. The van der Waals surface area contributed by atoms with Gasteiger partial charge in [-0.25, -0.2) is 4.79 Å². The minimum Gasteiger partial charge on any atom is -0.444 e. The van der Waals surface area contributed by atoms with Gasteiger partial charge in [0, 0.05) is 25.6 Å². The Morgan fingerprint density at radius 3 is 2.31 bits per heavy atom. The Morgan fingerprint density at radius 2 is 1.94 bits per heavy atom. The summed E-state index contributed by atoms with van der Waals surface area (Å²) in [6, 6.07) is 0. The normalized spacial score (nSPS) is 25.9. The van der Waals surface area contributed by atoms with Gasteiger partial charge < -0.3 is 14.7 Å². The van der Waals surface area contributed by atoms with Crippen LogP contribution in [0.15, 0.2) is 0 Å². The van der Waals surface area contributed by atoms with Gasteiger partial charge in [0.05, 0.1) is 0 Å². The second-order valence-corrected chi connectivity index (χ2v) is 5.50. The van der Waals surface area contributed by atoms with Crippen LogP contribution < -0.4 is 0 Å². The smallest absolute Gasteiger partial charge is 0.410 e. The molecule has 1 saturated heterocycles. The molecule has 0 aromatic carbocycles. The molecule has 0 aromatic rings. The lowest BCUT2D eigenvalue weighted by Gasteiger charge is -2.24. The highest BCUT2D eigenvalue weighted by molar-refractivity contribution is 5.68. The Hall–Kier alpha value is -0.770. The molecule has 0 bridgehead atoms. The maximum atomic E-state index is 11.8. The third kappa shape index (κ3) is 3.37. The summed E-state index contributed by atoms with van der Waals surface area (Å²) < 4.78 is 5.31. The molecule has 94 valence electrons. The monoisotopic (exact) mass is 229 g/mol. The van der Waals surface area contributed by atoms with E-state index >= 15 is 0 Å². The third-order valence-corrected chi connectivity index (χ3v) is 2.99. The molecule has 0 radical (unpaired) electrons. The third-order valence-electron chi connectivity index (χ3n) is 2.99. The van der Waals surface area contributed by atoms with Crippen molar-refractivity contribution in [3.05, 3.63) is 0 Å². The van der Waals surface area contributed by atoms with Crippen LogP contribution in [0, 0.1) is 11.8 Å². The number of aliphatic hydroxyl groups excluding tert-OH is 1. The number of aliphatic hydroxyl groups is 1. The van der Waals surface area contributed by atoms with Crippen LogP contribution in [-0.4, -0.2) is 41.4 Å². The molecule has 2 atom stereocenters. The Bertz CT molecular complexity index is 235. The molecule has 1 fully saturated rings. The standard InChI is InChI=1S/C12H23NO3/c1-5-9-6-13(7-10(9)8-14)11(15)16-12(2,3)4/h9-10,14H,5-8H2,1-4H3. The van der Waals surface area contributed by atoms with Crippen molar-refractivity contribution in [1.82, 2.24) is 4.90 Å². The van der Waals surface area contributed by atoms with Crippen LogP contribution in [0.4, 0.5) is 4.79 Å². The van der Waals surface area contributed by atoms with Crippen LogP contribution in [0.25, 0.3) is 0 Å². The van der Waals surface area contributed by atoms with E-state index < -0.39 is 5.60 Å². The van der Waals surface area contributed by atoms with Crippen molar-refractivity contribution in [3.8, 4) is 0 Å². The van der Waals surface area contributed by atoms with Gasteiger partial charge in [-0.15, -0.1) is 0 Å². The molecular weight excluding hydrogens is 206 g/mol. The summed E-state index contributed by atoms with van der Waals surface area (Å²) in [5, 5.41) is 9.22. The Morgan fingerprint density at radius 1 is 1.38 bits per heavy atom. The maximum Gasteiger partial charge on any atom is 0.410 e. The molecule has 0 aromatic heterocycles. The first-order chi connectivity index (χ1) is 7.37. The molecule has 1 heterocycles. The van der Waals surface area contributed by atoms with E-state index in [1.54, 1.807) is 4.90 Å². The summed E-state index contributed by atoms with van der Waals surface area (Å²) in [5.74, 6) is 0.607. The lowest BCUT2D eigenvalue weighted by Crippen LogP contribution is -2.35. The van der Waals surface area contributed by atoms with Crippen molar-refractivity contribution in [3.63, 3.8) is 0 Å².